The zero-order valence-electron chi connectivity index (χ0n) is 13.0. The fourth-order valence-corrected chi connectivity index (χ4v) is 3.07. The van der Waals surface area contributed by atoms with E-state index < -0.39 is 6.23 Å². The lowest BCUT2D eigenvalue weighted by atomic mass is 10.0. The molecule has 1 N–H and O–H groups in total. The Balaban J connectivity index is 1.70. The number of ether oxygens (including phenoxy) is 3. The van der Waals surface area contributed by atoms with Gasteiger partial charge in [0.1, 0.15) is 5.75 Å². The maximum absolute atomic E-state index is 11.9. The minimum Gasteiger partial charge on any atom is -0.467 e. The number of benzene rings is 2. The lowest BCUT2D eigenvalue weighted by molar-refractivity contribution is -0.0168. The summed E-state index contributed by atoms with van der Waals surface area (Å²) in [6.07, 6.45) is -0.472. The molecular formula is C18H17NO4. The Kier molecular flexibility index (Phi) is 3.23. The zero-order chi connectivity index (χ0) is 16.0. The molecule has 2 aromatic carbocycles. The van der Waals surface area contributed by atoms with Gasteiger partial charge < -0.3 is 19.5 Å². The summed E-state index contributed by atoms with van der Waals surface area (Å²) in [5, 5.41) is 3.33. The number of hydrogen-bond donors (Lipinski definition) is 1. The fraction of sp³-hybridized carbons (Fsp3) is 0.278. The molecule has 2 aliphatic heterocycles. The minimum atomic E-state index is -0.472. The van der Waals surface area contributed by atoms with Gasteiger partial charge in [0.15, 0.2) is 6.79 Å². The number of nitrogens with one attached hydrogen (secondary N) is 1. The van der Waals surface area contributed by atoms with Crippen molar-refractivity contribution in [2.24, 2.45) is 0 Å². The number of carbonyl (C=O) groups is 1. The highest BCUT2D eigenvalue weighted by Crippen LogP contribution is 2.38. The highest BCUT2D eigenvalue weighted by Gasteiger charge is 2.31. The van der Waals surface area contributed by atoms with Crippen molar-refractivity contribution in [2.75, 3.05) is 12.1 Å². The summed E-state index contributed by atoms with van der Waals surface area (Å²) in [4.78, 5) is 11.9. The molecule has 0 spiro atoms. The van der Waals surface area contributed by atoms with Gasteiger partial charge >= 0.3 is 5.97 Å². The highest BCUT2D eigenvalue weighted by atomic mass is 16.7. The fourth-order valence-electron chi connectivity index (χ4n) is 3.07. The molecule has 5 nitrogen and oxygen atoms in total. The Labute approximate surface area is 134 Å². The van der Waals surface area contributed by atoms with Gasteiger partial charge in [-0.3, -0.25) is 0 Å². The summed E-state index contributed by atoms with van der Waals surface area (Å²) in [5.74, 6) is 0.597. The third kappa shape index (κ3) is 2.24. The maximum Gasteiger partial charge on any atom is 0.340 e. The van der Waals surface area contributed by atoms with E-state index in [1.54, 1.807) is 6.07 Å². The van der Waals surface area contributed by atoms with E-state index in [0.717, 1.165) is 33.7 Å². The first-order valence-corrected chi connectivity index (χ1v) is 7.55. The standard InChI is InChI=1S/C18H17NO4/c1-10-11(2)16-12(8-21-9-22-16)7-15(10)19-17-13-5-3-4-6-14(13)18(20)23-17/h3-7,17,19H,8-9H2,1-2H3. The number of fused-ring (bicyclic) bond motifs is 2. The van der Waals surface area contributed by atoms with E-state index in [0.29, 0.717) is 12.2 Å². The van der Waals surface area contributed by atoms with Crippen molar-refractivity contribution in [3.8, 4) is 5.75 Å². The molecule has 23 heavy (non-hydrogen) atoms. The van der Waals surface area contributed by atoms with E-state index in [9.17, 15) is 4.79 Å². The molecule has 0 radical (unpaired) electrons. The van der Waals surface area contributed by atoms with Crippen LogP contribution in [0.25, 0.3) is 0 Å². The van der Waals surface area contributed by atoms with Crippen LogP contribution in [-0.4, -0.2) is 12.8 Å². The van der Waals surface area contributed by atoms with E-state index in [2.05, 4.69) is 5.32 Å². The first-order chi connectivity index (χ1) is 11.1. The van der Waals surface area contributed by atoms with Crippen LogP contribution >= 0.6 is 0 Å². The molecule has 0 amide bonds. The van der Waals surface area contributed by atoms with Crippen LogP contribution in [0.2, 0.25) is 0 Å². The smallest absolute Gasteiger partial charge is 0.340 e. The molecule has 0 aliphatic carbocycles. The Morgan fingerprint density at radius 3 is 2.87 bits per heavy atom. The molecule has 1 unspecified atom stereocenters. The molecule has 118 valence electrons. The molecule has 0 saturated carbocycles. The quantitative estimate of drug-likeness (QED) is 0.861. The Hall–Kier alpha value is -2.53. The van der Waals surface area contributed by atoms with Gasteiger partial charge in [-0.2, -0.15) is 0 Å². The second kappa shape index (κ2) is 5.28. The summed E-state index contributed by atoms with van der Waals surface area (Å²) in [6.45, 7) is 4.86. The van der Waals surface area contributed by atoms with Crippen molar-refractivity contribution in [1.82, 2.24) is 0 Å². The maximum atomic E-state index is 11.9. The van der Waals surface area contributed by atoms with Gasteiger partial charge in [-0.1, -0.05) is 18.2 Å². The van der Waals surface area contributed by atoms with Crippen LogP contribution in [0.5, 0.6) is 5.75 Å². The summed E-state index contributed by atoms with van der Waals surface area (Å²) < 4.78 is 16.4. The third-order valence-electron chi connectivity index (χ3n) is 4.44. The van der Waals surface area contributed by atoms with Gasteiger partial charge in [-0.25, -0.2) is 4.79 Å². The van der Waals surface area contributed by atoms with Crippen molar-refractivity contribution in [3.05, 3.63) is 58.1 Å². The van der Waals surface area contributed by atoms with Gasteiger partial charge in [0.2, 0.25) is 6.23 Å². The zero-order valence-corrected chi connectivity index (χ0v) is 13.0. The summed E-state index contributed by atoms with van der Waals surface area (Å²) >= 11 is 0. The van der Waals surface area contributed by atoms with Crippen LogP contribution < -0.4 is 10.1 Å². The number of cyclic esters (lactones) is 1. The lowest BCUT2D eigenvalue weighted by Crippen LogP contribution is -2.16. The van der Waals surface area contributed by atoms with Gasteiger partial charge in [0.25, 0.3) is 0 Å². The van der Waals surface area contributed by atoms with Gasteiger partial charge in [-0.05, 0) is 37.1 Å². The summed E-state index contributed by atoms with van der Waals surface area (Å²) in [5.41, 5.74) is 5.55. The molecule has 1 atom stereocenters. The van der Waals surface area contributed by atoms with Crippen molar-refractivity contribution < 1.29 is 19.0 Å². The Morgan fingerprint density at radius 2 is 2.00 bits per heavy atom. The molecule has 2 heterocycles. The first-order valence-electron chi connectivity index (χ1n) is 7.55. The van der Waals surface area contributed by atoms with Crippen LogP contribution in [0.4, 0.5) is 5.69 Å². The predicted molar refractivity (Wildman–Crippen MR) is 84.4 cm³/mol. The molecule has 0 aromatic heterocycles. The number of rotatable bonds is 2. The number of esters is 1. The van der Waals surface area contributed by atoms with Crippen LogP contribution in [0.15, 0.2) is 30.3 Å². The van der Waals surface area contributed by atoms with E-state index in [4.69, 9.17) is 14.2 Å². The van der Waals surface area contributed by atoms with Crippen molar-refractivity contribution in [1.29, 1.82) is 0 Å². The van der Waals surface area contributed by atoms with E-state index in [-0.39, 0.29) is 12.8 Å². The molecule has 0 saturated heterocycles. The second-order valence-electron chi connectivity index (χ2n) is 5.79. The van der Waals surface area contributed by atoms with E-state index in [1.165, 1.54) is 0 Å². The average molecular weight is 311 g/mol. The van der Waals surface area contributed by atoms with Crippen molar-refractivity contribution >= 4 is 11.7 Å². The minimum absolute atomic E-state index is 0.285. The van der Waals surface area contributed by atoms with Crippen LogP contribution in [0, 0.1) is 13.8 Å². The van der Waals surface area contributed by atoms with Crippen LogP contribution in [0.3, 0.4) is 0 Å². The number of carbonyl (C=O) groups excluding carboxylic acids is 1. The molecule has 2 aliphatic rings. The Morgan fingerprint density at radius 1 is 1.17 bits per heavy atom. The highest BCUT2D eigenvalue weighted by molar-refractivity contribution is 5.94. The average Bonchev–Trinajstić information content (AvgIpc) is 2.89. The first kappa shape index (κ1) is 14.1. The number of anilines is 1. The molecule has 0 bridgehead atoms. The molecule has 4 rings (SSSR count). The monoisotopic (exact) mass is 311 g/mol. The van der Waals surface area contributed by atoms with Gasteiger partial charge in [-0.15, -0.1) is 0 Å². The molecule has 5 heteroatoms. The van der Waals surface area contributed by atoms with Gasteiger partial charge in [0.05, 0.1) is 12.2 Å². The van der Waals surface area contributed by atoms with Crippen molar-refractivity contribution in [3.63, 3.8) is 0 Å². The van der Waals surface area contributed by atoms with Crippen LogP contribution in [-0.2, 0) is 16.1 Å². The Bertz CT molecular complexity index is 800. The number of hydrogen-bond acceptors (Lipinski definition) is 5. The van der Waals surface area contributed by atoms with Crippen LogP contribution in [0.1, 0.15) is 38.8 Å². The van der Waals surface area contributed by atoms with Crippen molar-refractivity contribution in [2.45, 2.75) is 26.7 Å². The summed E-state index contributed by atoms with van der Waals surface area (Å²) in [7, 11) is 0. The SMILES string of the molecule is Cc1c(NC2OC(=O)c3ccccc32)cc2c(c1C)OCOC2. The molecule has 2 aromatic rings. The topological polar surface area (TPSA) is 56.8 Å². The normalized spacial score (nSPS) is 18.7. The van der Waals surface area contributed by atoms with Gasteiger partial charge in [0, 0.05) is 16.8 Å². The van der Waals surface area contributed by atoms with E-state index >= 15 is 0 Å². The largest absolute Gasteiger partial charge is 0.467 e. The molecule has 0 fully saturated rings. The third-order valence-corrected chi connectivity index (χ3v) is 4.44. The lowest BCUT2D eigenvalue weighted by Gasteiger charge is -2.24. The second-order valence-corrected chi connectivity index (χ2v) is 5.79. The van der Waals surface area contributed by atoms with E-state index in [1.807, 2.05) is 38.1 Å². The molecular weight excluding hydrogens is 294 g/mol. The predicted octanol–water partition coefficient (Wildman–Crippen LogP) is 3.45. The summed E-state index contributed by atoms with van der Waals surface area (Å²) in [6, 6.07) is 9.44.